The van der Waals surface area contributed by atoms with Crippen LogP contribution in [0.15, 0.2) is 12.1 Å². The first-order valence-corrected chi connectivity index (χ1v) is 9.81. The van der Waals surface area contributed by atoms with E-state index in [1.54, 1.807) is 14.2 Å². The monoisotopic (exact) mass is 371 g/mol. The van der Waals surface area contributed by atoms with Crippen LogP contribution in [0.1, 0.15) is 25.7 Å². The second kappa shape index (κ2) is 7.76. The number of hydrogen-bond donors (Lipinski definition) is 1. The summed E-state index contributed by atoms with van der Waals surface area (Å²) in [6.45, 7) is 3.94. The minimum Gasteiger partial charge on any atom is -0.493 e. The van der Waals surface area contributed by atoms with Gasteiger partial charge in [0.1, 0.15) is 5.82 Å². The van der Waals surface area contributed by atoms with Gasteiger partial charge in [-0.05, 0) is 26.0 Å². The van der Waals surface area contributed by atoms with Crippen LogP contribution >= 0.6 is 0 Å². The molecule has 1 saturated heterocycles. The summed E-state index contributed by atoms with van der Waals surface area (Å²) in [5.74, 6) is 3.10. The number of rotatable bonds is 5. The van der Waals surface area contributed by atoms with Crippen molar-refractivity contribution in [1.29, 1.82) is 0 Å². The average Bonchev–Trinajstić information content (AvgIpc) is 3.20. The van der Waals surface area contributed by atoms with E-state index in [0.717, 1.165) is 48.8 Å². The number of benzene rings is 1. The van der Waals surface area contributed by atoms with Gasteiger partial charge in [0.15, 0.2) is 11.5 Å². The molecule has 1 aliphatic heterocycles. The van der Waals surface area contributed by atoms with Crippen molar-refractivity contribution in [1.82, 2.24) is 14.9 Å². The number of fused-ring (bicyclic) bond motifs is 1. The second-order valence-corrected chi connectivity index (χ2v) is 7.51. The summed E-state index contributed by atoms with van der Waals surface area (Å²) in [5, 5.41) is 4.66. The Kier molecular flexibility index (Phi) is 5.20. The molecule has 2 aliphatic rings. The number of anilines is 2. The summed E-state index contributed by atoms with van der Waals surface area (Å²) in [4.78, 5) is 14.4. The van der Waals surface area contributed by atoms with Crippen LogP contribution in [0.4, 0.5) is 11.8 Å². The fourth-order valence-electron chi connectivity index (χ4n) is 3.96. The van der Waals surface area contributed by atoms with E-state index >= 15 is 0 Å². The fourth-order valence-corrected chi connectivity index (χ4v) is 3.96. The summed E-state index contributed by atoms with van der Waals surface area (Å²) < 4.78 is 11.0. The molecule has 1 aliphatic carbocycles. The van der Waals surface area contributed by atoms with Gasteiger partial charge in [-0.15, -0.1) is 0 Å². The molecule has 1 aromatic heterocycles. The van der Waals surface area contributed by atoms with E-state index in [-0.39, 0.29) is 0 Å². The molecular formula is C20H29N5O2. The largest absolute Gasteiger partial charge is 0.493 e. The lowest BCUT2D eigenvalue weighted by Gasteiger charge is -2.32. The lowest BCUT2D eigenvalue weighted by atomic mass is 10.2. The predicted octanol–water partition coefficient (Wildman–Crippen LogP) is 2.75. The molecule has 146 valence electrons. The maximum absolute atomic E-state index is 5.50. The maximum atomic E-state index is 5.50. The van der Waals surface area contributed by atoms with Gasteiger partial charge in [-0.3, -0.25) is 0 Å². The molecular weight excluding hydrogens is 342 g/mol. The highest BCUT2D eigenvalue weighted by Gasteiger charge is 2.22. The van der Waals surface area contributed by atoms with Gasteiger partial charge in [0.25, 0.3) is 0 Å². The van der Waals surface area contributed by atoms with Gasteiger partial charge in [0.2, 0.25) is 5.95 Å². The first-order valence-electron chi connectivity index (χ1n) is 9.81. The van der Waals surface area contributed by atoms with E-state index in [9.17, 15) is 0 Å². The molecule has 4 rings (SSSR count). The molecule has 2 fully saturated rings. The molecule has 27 heavy (non-hydrogen) atoms. The highest BCUT2D eigenvalue weighted by molar-refractivity contribution is 5.93. The molecule has 1 saturated carbocycles. The van der Waals surface area contributed by atoms with Gasteiger partial charge < -0.3 is 24.6 Å². The molecule has 2 aromatic rings. The van der Waals surface area contributed by atoms with E-state index in [1.165, 1.54) is 25.7 Å². The Morgan fingerprint density at radius 3 is 2.30 bits per heavy atom. The number of nitrogens with one attached hydrogen (secondary N) is 1. The average molecular weight is 371 g/mol. The van der Waals surface area contributed by atoms with Gasteiger partial charge in [0.05, 0.1) is 19.7 Å². The van der Waals surface area contributed by atoms with E-state index in [4.69, 9.17) is 19.4 Å². The number of ether oxygens (including phenoxy) is 2. The third-order valence-electron chi connectivity index (χ3n) is 5.67. The van der Waals surface area contributed by atoms with E-state index in [0.29, 0.717) is 17.5 Å². The van der Waals surface area contributed by atoms with Crippen molar-refractivity contribution in [3.05, 3.63) is 12.1 Å². The van der Waals surface area contributed by atoms with Crippen molar-refractivity contribution in [2.24, 2.45) is 0 Å². The van der Waals surface area contributed by atoms with Crippen LogP contribution < -0.4 is 19.7 Å². The minimum absolute atomic E-state index is 0.483. The van der Waals surface area contributed by atoms with Crippen LogP contribution in [0.2, 0.25) is 0 Å². The Hall–Kier alpha value is -2.28. The van der Waals surface area contributed by atoms with Crippen molar-refractivity contribution in [3.8, 4) is 11.5 Å². The van der Waals surface area contributed by atoms with Gasteiger partial charge in [-0.1, -0.05) is 12.8 Å². The van der Waals surface area contributed by atoms with Crippen LogP contribution in [-0.4, -0.2) is 68.4 Å². The summed E-state index contributed by atoms with van der Waals surface area (Å²) >= 11 is 0. The Morgan fingerprint density at radius 2 is 1.63 bits per heavy atom. The quantitative estimate of drug-likeness (QED) is 0.867. The predicted molar refractivity (Wildman–Crippen MR) is 108 cm³/mol. The Balaban J connectivity index is 1.77. The standard InChI is InChI=1S/C20H29N5O2/c1-24-8-10-25(11-9-24)20-22-16-13-18(27-3)17(26-2)12-15(16)19(23-20)21-14-6-4-5-7-14/h12-14H,4-11H2,1-3H3,(H,21,22,23). The zero-order chi connectivity index (χ0) is 18.8. The number of likely N-dealkylation sites (N-methyl/N-ethyl adjacent to an activating group) is 1. The van der Waals surface area contributed by atoms with Crippen molar-refractivity contribution >= 4 is 22.7 Å². The van der Waals surface area contributed by atoms with E-state index < -0.39 is 0 Å². The van der Waals surface area contributed by atoms with Gasteiger partial charge in [-0.25, -0.2) is 4.98 Å². The minimum atomic E-state index is 0.483. The Labute approximate surface area is 160 Å². The lowest BCUT2D eigenvalue weighted by molar-refractivity contribution is 0.311. The lowest BCUT2D eigenvalue weighted by Crippen LogP contribution is -2.45. The molecule has 0 amide bonds. The van der Waals surface area contributed by atoms with Crippen molar-refractivity contribution in [3.63, 3.8) is 0 Å². The summed E-state index contributed by atoms with van der Waals surface area (Å²) in [6.07, 6.45) is 4.96. The number of aromatic nitrogens is 2. The molecule has 7 heteroatoms. The third-order valence-corrected chi connectivity index (χ3v) is 5.67. The number of piperazine rings is 1. The van der Waals surface area contributed by atoms with Crippen LogP contribution in [0, 0.1) is 0 Å². The summed E-state index contributed by atoms with van der Waals surface area (Å²) in [6, 6.07) is 4.42. The first kappa shape index (κ1) is 18.1. The normalized spacial score (nSPS) is 18.9. The number of methoxy groups -OCH3 is 2. The van der Waals surface area contributed by atoms with Gasteiger partial charge in [-0.2, -0.15) is 4.98 Å². The fraction of sp³-hybridized carbons (Fsp3) is 0.600. The SMILES string of the molecule is COc1cc2nc(N3CCN(C)CC3)nc(NC3CCCC3)c2cc1OC. The van der Waals surface area contributed by atoms with Crippen molar-refractivity contribution < 1.29 is 9.47 Å². The molecule has 2 heterocycles. The van der Waals surface area contributed by atoms with E-state index in [1.807, 2.05) is 12.1 Å². The summed E-state index contributed by atoms with van der Waals surface area (Å²) in [5.41, 5.74) is 0.886. The van der Waals surface area contributed by atoms with Gasteiger partial charge >= 0.3 is 0 Å². The van der Waals surface area contributed by atoms with Crippen LogP contribution in [0.3, 0.4) is 0 Å². The Bertz CT molecular complexity index is 799. The third kappa shape index (κ3) is 3.74. The molecule has 1 aromatic carbocycles. The number of nitrogens with zero attached hydrogens (tertiary/aromatic N) is 4. The van der Waals surface area contributed by atoms with Gasteiger partial charge in [0, 0.05) is 43.7 Å². The smallest absolute Gasteiger partial charge is 0.227 e. The Morgan fingerprint density at radius 1 is 0.963 bits per heavy atom. The van der Waals surface area contributed by atoms with Crippen LogP contribution in [-0.2, 0) is 0 Å². The highest BCUT2D eigenvalue weighted by atomic mass is 16.5. The first-order chi connectivity index (χ1) is 13.2. The molecule has 0 radical (unpaired) electrons. The topological polar surface area (TPSA) is 62.8 Å². The maximum Gasteiger partial charge on any atom is 0.227 e. The zero-order valence-electron chi connectivity index (χ0n) is 16.5. The van der Waals surface area contributed by atoms with Crippen molar-refractivity contribution in [2.45, 2.75) is 31.7 Å². The highest BCUT2D eigenvalue weighted by Crippen LogP contribution is 2.36. The molecule has 0 bridgehead atoms. The zero-order valence-corrected chi connectivity index (χ0v) is 16.5. The van der Waals surface area contributed by atoms with Crippen LogP contribution in [0.25, 0.3) is 10.9 Å². The molecule has 0 spiro atoms. The van der Waals surface area contributed by atoms with Crippen molar-refractivity contribution in [2.75, 3.05) is 57.7 Å². The van der Waals surface area contributed by atoms with E-state index in [2.05, 4.69) is 22.2 Å². The molecule has 7 nitrogen and oxygen atoms in total. The molecule has 0 atom stereocenters. The molecule has 0 unspecified atom stereocenters. The second-order valence-electron chi connectivity index (χ2n) is 7.51. The molecule has 1 N–H and O–H groups in total. The summed E-state index contributed by atoms with van der Waals surface area (Å²) in [7, 11) is 5.47. The van der Waals surface area contributed by atoms with Crippen LogP contribution in [0.5, 0.6) is 11.5 Å². The number of hydrogen-bond acceptors (Lipinski definition) is 7.